The molecule has 0 spiro atoms. The summed E-state index contributed by atoms with van der Waals surface area (Å²) in [5.41, 5.74) is 0. The maximum absolute atomic E-state index is 5.37. The van der Waals surface area contributed by atoms with E-state index in [0.29, 0.717) is 6.04 Å². The summed E-state index contributed by atoms with van der Waals surface area (Å²) in [6.07, 6.45) is 7.86. The van der Waals surface area contributed by atoms with Crippen molar-refractivity contribution < 1.29 is 4.74 Å². The van der Waals surface area contributed by atoms with Crippen LogP contribution in [0.5, 0.6) is 0 Å². The van der Waals surface area contributed by atoms with Crippen molar-refractivity contribution in [1.82, 2.24) is 9.80 Å². The molecule has 1 rings (SSSR count). The third-order valence-corrected chi connectivity index (χ3v) is 3.21. The van der Waals surface area contributed by atoms with Crippen molar-refractivity contribution in [3.63, 3.8) is 0 Å². The highest BCUT2D eigenvalue weighted by Crippen LogP contribution is 2.13. The third-order valence-electron chi connectivity index (χ3n) is 3.21. The Balaban J connectivity index is 2.43. The Bertz CT molecular complexity index is 224. The van der Waals surface area contributed by atoms with E-state index in [1.165, 1.54) is 12.8 Å². The van der Waals surface area contributed by atoms with Crippen LogP contribution in [-0.2, 0) is 4.74 Å². The molecule has 0 aliphatic carbocycles. The van der Waals surface area contributed by atoms with Gasteiger partial charge >= 0.3 is 0 Å². The lowest BCUT2D eigenvalue weighted by atomic mass is 10.1. The molecule has 1 unspecified atom stereocenters. The van der Waals surface area contributed by atoms with Crippen LogP contribution in [0.25, 0.3) is 0 Å². The number of piperazine rings is 1. The number of rotatable bonds is 6. The van der Waals surface area contributed by atoms with Gasteiger partial charge in [0.2, 0.25) is 0 Å². The largest absolute Gasteiger partial charge is 0.383 e. The van der Waals surface area contributed by atoms with Crippen LogP contribution in [0, 0.1) is 12.3 Å². The number of methoxy groups -OCH3 is 1. The summed E-state index contributed by atoms with van der Waals surface area (Å²) >= 11 is 0. The molecule has 0 aromatic rings. The summed E-state index contributed by atoms with van der Waals surface area (Å²) < 4.78 is 5.16. The summed E-state index contributed by atoms with van der Waals surface area (Å²) in [4.78, 5) is 4.92. The fourth-order valence-corrected chi connectivity index (χ4v) is 2.34. The van der Waals surface area contributed by atoms with E-state index in [-0.39, 0.29) is 0 Å². The van der Waals surface area contributed by atoms with Crippen LogP contribution in [0.4, 0.5) is 0 Å². The Morgan fingerprint density at radius 3 is 2.88 bits per heavy atom. The minimum absolute atomic E-state index is 0.655. The monoisotopic (exact) mass is 224 g/mol. The molecule has 0 radical (unpaired) electrons. The Morgan fingerprint density at radius 2 is 2.25 bits per heavy atom. The SMILES string of the molecule is C#CCN1CCN(CCOC)C(CCC)C1. The van der Waals surface area contributed by atoms with Gasteiger partial charge in [0.25, 0.3) is 0 Å². The van der Waals surface area contributed by atoms with Gasteiger partial charge in [-0.2, -0.15) is 0 Å². The quantitative estimate of drug-likeness (QED) is 0.627. The minimum atomic E-state index is 0.655. The molecule has 16 heavy (non-hydrogen) atoms. The lowest BCUT2D eigenvalue weighted by Crippen LogP contribution is -2.53. The molecular formula is C13H24N2O. The Hall–Kier alpha value is -0.560. The van der Waals surface area contributed by atoms with Gasteiger partial charge in [0.05, 0.1) is 13.2 Å². The maximum atomic E-state index is 5.37. The molecule has 1 aliphatic heterocycles. The Labute approximate surface area is 99.7 Å². The van der Waals surface area contributed by atoms with Crippen molar-refractivity contribution in [2.24, 2.45) is 0 Å². The second-order valence-corrected chi connectivity index (χ2v) is 4.41. The fourth-order valence-electron chi connectivity index (χ4n) is 2.34. The average Bonchev–Trinajstić information content (AvgIpc) is 2.29. The van der Waals surface area contributed by atoms with Crippen LogP contribution in [0.3, 0.4) is 0 Å². The first-order chi connectivity index (χ1) is 7.81. The van der Waals surface area contributed by atoms with Gasteiger partial charge in [-0.15, -0.1) is 6.42 Å². The molecule has 0 amide bonds. The van der Waals surface area contributed by atoms with Gasteiger partial charge in [0.15, 0.2) is 0 Å². The maximum Gasteiger partial charge on any atom is 0.0599 e. The summed E-state index contributed by atoms with van der Waals surface area (Å²) in [5.74, 6) is 2.74. The van der Waals surface area contributed by atoms with E-state index in [0.717, 1.165) is 39.3 Å². The van der Waals surface area contributed by atoms with Crippen LogP contribution in [0.1, 0.15) is 19.8 Å². The molecule has 92 valence electrons. The van der Waals surface area contributed by atoms with E-state index in [9.17, 15) is 0 Å². The summed E-state index contributed by atoms with van der Waals surface area (Å²) in [6.45, 7) is 8.24. The predicted octanol–water partition coefficient (Wildman–Crippen LogP) is 1.05. The van der Waals surface area contributed by atoms with Crippen molar-refractivity contribution in [2.45, 2.75) is 25.8 Å². The normalized spacial score (nSPS) is 23.2. The molecule has 1 saturated heterocycles. The molecule has 0 bridgehead atoms. The highest BCUT2D eigenvalue weighted by atomic mass is 16.5. The topological polar surface area (TPSA) is 15.7 Å². The van der Waals surface area contributed by atoms with Crippen molar-refractivity contribution >= 4 is 0 Å². The zero-order chi connectivity index (χ0) is 11.8. The van der Waals surface area contributed by atoms with E-state index in [1.807, 2.05) is 0 Å². The van der Waals surface area contributed by atoms with Crippen LogP contribution in [0.15, 0.2) is 0 Å². The van der Waals surface area contributed by atoms with Gasteiger partial charge in [-0.1, -0.05) is 19.3 Å². The van der Waals surface area contributed by atoms with E-state index in [1.54, 1.807) is 7.11 Å². The highest BCUT2D eigenvalue weighted by Gasteiger charge is 2.25. The smallest absolute Gasteiger partial charge is 0.0599 e. The molecule has 3 nitrogen and oxygen atoms in total. The molecule has 0 aromatic carbocycles. The molecule has 1 heterocycles. The predicted molar refractivity (Wildman–Crippen MR) is 67.4 cm³/mol. The van der Waals surface area contributed by atoms with Crippen LogP contribution in [-0.4, -0.2) is 62.3 Å². The molecule has 3 heteroatoms. The zero-order valence-electron chi connectivity index (χ0n) is 10.6. The summed E-state index contributed by atoms with van der Waals surface area (Å²) in [5, 5.41) is 0. The number of terminal acetylenes is 1. The third kappa shape index (κ3) is 4.13. The average molecular weight is 224 g/mol. The first kappa shape index (κ1) is 13.5. The molecule has 0 N–H and O–H groups in total. The van der Waals surface area contributed by atoms with Gasteiger partial charge in [-0.25, -0.2) is 0 Å². The second-order valence-electron chi connectivity index (χ2n) is 4.41. The molecular weight excluding hydrogens is 200 g/mol. The first-order valence-electron chi connectivity index (χ1n) is 6.20. The standard InChI is InChI=1S/C13H24N2O/c1-4-6-13-12-14(7-5-2)8-9-15(13)10-11-16-3/h2,13H,4,6-12H2,1,3H3. The zero-order valence-corrected chi connectivity index (χ0v) is 10.6. The van der Waals surface area contributed by atoms with Gasteiger partial charge in [-0.3, -0.25) is 9.80 Å². The highest BCUT2D eigenvalue weighted by molar-refractivity contribution is 4.92. The molecule has 1 aliphatic rings. The van der Waals surface area contributed by atoms with E-state index >= 15 is 0 Å². The Kier molecular flexibility index (Phi) is 6.47. The van der Waals surface area contributed by atoms with Gasteiger partial charge < -0.3 is 4.74 Å². The van der Waals surface area contributed by atoms with Crippen molar-refractivity contribution in [3.8, 4) is 12.3 Å². The summed E-state index contributed by atoms with van der Waals surface area (Å²) in [7, 11) is 1.77. The number of hydrogen-bond acceptors (Lipinski definition) is 3. The first-order valence-corrected chi connectivity index (χ1v) is 6.20. The van der Waals surface area contributed by atoms with Crippen molar-refractivity contribution in [2.75, 3.05) is 46.4 Å². The van der Waals surface area contributed by atoms with Gasteiger partial charge in [0.1, 0.15) is 0 Å². The summed E-state index contributed by atoms with van der Waals surface area (Å²) in [6, 6.07) is 0.655. The van der Waals surface area contributed by atoms with E-state index in [4.69, 9.17) is 11.2 Å². The van der Waals surface area contributed by atoms with E-state index in [2.05, 4.69) is 22.6 Å². The van der Waals surface area contributed by atoms with Crippen molar-refractivity contribution in [3.05, 3.63) is 0 Å². The molecule has 0 aromatic heterocycles. The minimum Gasteiger partial charge on any atom is -0.383 e. The van der Waals surface area contributed by atoms with Gasteiger partial charge in [0, 0.05) is 39.3 Å². The molecule has 1 fully saturated rings. The lowest BCUT2D eigenvalue weighted by molar-refractivity contribution is 0.0530. The van der Waals surface area contributed by atoms with E-state index < -0.39 is 0 Å². The van der Waals surface area contributed by atoms with Crippen LogP contribution in [0.2, 0.25) is 0 Å². The van der Waals surface area contributed by atoms with Crippen molar-refractivity contribution in [1.29, 1.82) is 0 Å². The Morgan fingerprint density at radius 1 is 1.44 bits per heavy atom. The molecule has 0 saturated carbocycles. The molecule has 1 atom stereocenters. The number of hydrogen-bond donors (Lipinski definition) is 0. The van der Waals surface area contributed by atoms with Crippen LogP contribution < -0.4 is 0 Å². The van der Waals surface area contributed by atoms with Crippen LogP contribution >= 0.6 is 0 Å². The lowest BCUT2D eigenvalue weighted by Gasteiger charge is -2.40. The number of nitrogens with zero attached hydrogens (tertiary/aromatic N) is 2. The van der Waals surface area contributed by atoms with Gasteiger partial charge in [-0.05, 0) is 6.42 Å². The number of ether oxygens (including phenoxy) is 1. The second kappa shape index (κ2) is 7.67. The fraction of sp³-hybridized carbons (Fsp3) is 0.846.